The van der Waals surface area contributed by atoms with E-state index in [4.69, 9.17) is 0 Å². The summed E-state index contributed by atoms with van der Waals surface area (Å²) in [6.07, 6.45) is 3.05. The second-order valence-corrected chi connectivity index (χ2v) is 3.49. The van der Waals surface area contributed by atoms with E-state index >= 15 is 0 Å². The smallest absolute Gasteiger partial charge is 0.116 e. The van der Waals surface area contributed by atoms with Crippen molar-refractivity contribution in [2.75, 3.05) is 13.6 Å². The highest BCUT2D eigenvalue weighted by molar-refractivity contribution is 5.84. The Morgan fingerprint density at radius 1 is 1.43 bits per heavy atom. The Balaban J connectivity index is 2.40. The molecule has 0 bridgehead atoms. The maximum atomic E-state index is 9.38. The second kappa shape index (κ2) is 3.72. The number of benzene rings is 1. The van der Waals surface area contributed by atoms with Crippen LogP contribution in [0.3, 0.4) is 0 Å². The van der Waals surface area contributed by atoms with Gasteiger partial charge in [-0.25, -0.2) is 0 Å². The molecule has 1 aromatic heterocycles. The minimum atomic E-state index is 0.332. The Bertz CT molecular complexity index is 434. The third-order valence-corrected chi connectivity index (χ3v) is 2.45. The third-order valence-electron chi connectivity index (χ3n) is 2.45. The lowest BCUT2D eigenvalue weighted by molar-refractivity contribution is -0.626. The van der Waals surface area contributed by atoms with Gasteiger partial charge in [0, 0.05) is 23.5 Å². The largest absolute Gasteiger partial charge is 0.508 e. The summed E-state index contributed by atoms with van der Waals surface area (Å²) in [4.78, 5) is 3.20. The Kier molecular flexibility index (Phi) is 2.41. The maximum absolute atomic E-state index is 9.38. The Morgan fingerprint density at radius 2 is 2.29 bits per heavy atom. The van der Waals surface area contributed by atoms with Crippen LogP contribution in [0.5, 0.6) is 5.75 Å². The second-order valence-electron chi connectivity index (χ2n) is 3.49. The number of rotatable bonds is 3. The van der Waals surface area contributed by atoms with Crippen molar-refractivity contribution in [3.8, 4) is 5.75 Å². The lowest BCUT2D eigenvalue weighted by Crippen LogP contribution is -2.80. The van der Waals surface area contributed by atoms with Gasteiger partial charge in [0.1, 0.15) is 5.75 Å². The van der Waals surface area contributed by atoms with Crippen LogP contribution < -0.4 is 5.32 Å². The van der Waals surface area contributed by atoms with Gasteiger partial charge in [-0.3, -0.25) is 0 Å². The number of likely N-dealkylation sites (N-methyl/N-ethyl adjacent to an activating group) is 1. The van der Waals surface area contributed by atoms with E-state index in [2.05, 4.69) is 17.3 Å². The standard InChI is InChI=1S/C11H14N2O/c1-12-5-4-8-7-13-11-3-2-9(14)6-10(8)11/h2-3,6-7,12-14H,4-5H2,1H3/p+1. The molecule has 74 valence electrons. The molecule has 0 saturated carbocycles. The summed E-state index contributed by atoms with van der Waals surface area (Å²) >= 11 is 0. The molecular weight excluding hydrogens is 176 g/mol. The van der Waals surface area contributed by atoms with Gasteiger partial charge in [0.05, 0.1) is 13.6 Å². The zero-order valence-electron chi connectivity index (χ0n) is 8.25. The molecule has 14 heavy (non-hydrogen) atoms. The van der Waals surface area contributed by atoms with Crippen LogP contribution >= 0.6 is 0 Å². The van der Waals surface area contributed by atoms with Crippen LogP contribution in [0.4, 0.5) is 0 Å². The van der Waals surface area contributed by atoms with E-state index in [0.29, 0.717) is 5.75 Å². The Hall–Kier alpha value is -1.48. The summed E-state index contributed by atoms with van der Waals surface area (Å²) in [5.74, 6) is 0.332. The lowest BCUT2D eigenvalue weighted by atomic mass is 10.1. The monoisotopic (exact) mass is 191 g/mol. The number of quaternary nitrogens is 1. The molecule has 2 rings (SSSR count). The fourth-order valence-electron chi connectivity index (χ4n) is 1.67. The first-order valence-corrected chi connectivity index (χ1v) is 4.88. The predicted molar refractivity (Wildman–Crippen MR) is 56.4 cm³/mol. The number of phenols is 1. The maximum Gasteiger partial charge on any atom is 0.116 e. The molecule has 0 atom stereocenters. The van der Waals surface area contributed by atoms with Crippen molar-refractivity contribution in [2.45, 2.75) is 6.42 Å². The van der Waals surface area contributed by atoms with Gasteiger partial charge in [0.25, 0.3) is 0 Å². The first-order chi connectivity index (χ1) is 6.81. The SMILES string of the molecule is C[NH2+]CCc1c[nH]c2ccc(O)cc12. The van der Waals surface area contributed by atoms with Crippen LogP contribution in [0.15, 0.2) is 24.4 Å². The van der Waals surface area contributed by atoms with E-state index in [9.17, 15) is 5.11 Å². The van der Waals surface area contributed by atoms with Gasteiger partial charge >= 0.3 is 0 Å². The highest BCUT2D eigenvalue weighted by Crippen LogP contribution is 2.22. The number of nitrogens with one attached hydrogen (secondary N) is 1. The van der Waals surface area contributed by atoms with Crippen molar-refractivity contribution in [1.82, 2.24) is 4.98 Å². The molecule has 0 fully saturated rings. The van der Waals surface area contributed by atoms with Crippen molar-refractivity contribution in [3.05, 3.63) is 30.0 Å². The van der Waals surface area contributed by atoms with Crippen LogP contribution in [0, 0.1) is 0 Å². The average Bonchev–Trinajstić information content (AvgIpc) is 2.57. The molecule has 3 heteroatoms. The number of aromatic nitrogens is 1. The molecule has 0 saturated heterocycles. The van der Waals surface area contributed by atoms with E-state index in [0.717, 1.165) is 23.9 Å². The summed E-state index contributed by atoms with van der Waals surface area (Å²) in [5.41, 5.74) is 2.36. The van der Waals surface area contributed by atoms with Gasteiger partial charge < -0.3 is 15.4 Å². The molecule has 1 aromatic carbocycles. The fourth-order valence-corrected chi connectivity index (χ4v) is 1.67. The van der Waals surface area contributed by atoms with Crippen LogP contribution in [-0.4, -0.2) is 23.7 Å². The van der Waals surface area contributed by atoms with Gasteiger partial charge in [-0.05, 0) is 23.8 Å². The highest BCUT2D eigenvalue weighted by Gasteiger charge is 2.04. The van der Waals surface area contributed by atoms with Gasteiger partial charge in [0.15, 0.2) is 0 Å². The number of nitrogens with two attached hydrogens (primary N) is 1. The molecule has 0 radical (unpaired) electrons. The molecule has 0 unspecified atom stereocenters. The molecule has 0 aliphatic rings. The Morgan fingerprint density at radius 3 is 3.07 bits per heavy atom. The zero-order chi connectivity index (χ0) is 9.97. The molecule has 0 amide bonds. The van der Waals surface area contributed by atoms with Gasteiger partial charge in [-0.15, -0.1) is 0 Å². The minimum Gasteiger partial charge on any atom is -0.508 e. The van der Waals surface area contributed by atoms with Gasteiger partial charge in [0.2, 0.25) is 0 Å². The lowest BCUT2D eigenvalue weighted by Gasteiger charge is -1.97. The van der Waals surface area contributed by atoms with E-state index in [1.54, 1.807) is 6.07 Å². The number of hydrogen-bond donors (Lipinski definition) is 3. The third kappa shape index (κ3) is 1.59. The molecule has 0 spiro atoms. The van der Waals surface area contributed by atoms with Crippen LogP contribution in [0.1, 0.15) is 5.56 Å². The quantitative estimate of drug-likeness (QED) is 0.654. The van der Waals surface area contributed by atoms with E-state index in [1.165, 1.54) is 5.56 Å². The minimum absolute atomic E-state index is 0.332. The van der Waals surface area contributed by atoms with Gasteiger partial charge in [-0.1, -0.05) is 0 Å². The van der Waals surface area contributed by atoms with Crippen molar-refractivity contribution in [3.63, 3.8) is 0 Å². The van der Waals surface area contributed by atoms with Crippen LogP contribution in [0.2, 0.25) is 0 Å². The predicted octanol–water partition coefficient (Wildman–Crippen LogP) is 0.609. The first-order valence-electron chi connectivity index (χ1n) is 4.88. The molecule has 0 aliphatic heterocycles. The van der Waals surface area contributed by atoms with Crippen molar-refractivity contribution in [1.29, 1.82) is 0 Å². The molecular formula is C11H15N2O+. The average molecular weight is 191 g/mol. The van der Waals surface area contributed by atoms with E-state index in [1.807, 2.05) is 18.3 Å². The number of fused-ring (bicyclic) bond motifs is 1. The van der Waals surface area contributed by atoms with E-state index in [-0.39, 0.29) is 0 Å². The summed E-state index contributed by atoms with van der Waals surface area (Å²) in [7, 11) is 2.06. The number of aromatic amines is 1. The summed E-state index contributed by atoms with van der Waals surface area (Å²) in [6.45, 7) is 1.07. The first kappa shape index (κ1) is 9.09. The summed E-state index contributed by atoms with van der Waals surface area (Å²) in [5, 5.41) is 12.7. The highest BCUT2D eigenvalue weighted by atomic mass is 16.3. The summed E-state index contributed by atoms with van der Waals surface area (Å²) < 4.78 is 0. The molecule has 2 aromatic rings. The fraction of sp³-hybridized carbons (Fsp3) is 0.273. The number of phenolic OH excluding ortho intramolecular Hbond substituents is 1. The number of aromatic hydroxyl groups is 1. The normalized spacial score (nSPS) is 10.9. The summed E-state index contributed by atoms with van der Waals surface area (Å²) in [6, 6.07) is 5.43. The van der Waals surface area contributed by atoms with Gasteiger partial charge in [-0.2, -0.15) is 0 Å². The zero-order valence-corrected chi connectivity index (χ0v) is 8.25. The van der Waals surface area contributed by atoms with Crippen LogP contribution in [-0.2, 0) is 6.42 Å². The molecule has 3 nitrogen and oxygen atoms in total. The van der Waals surface area contributed by atoms with E-state index < -0.39 is 0 Å². The molecule has 4 N–H and O–H groups in total. The molecule has 1 heterocycles. The number of H-pyrrole nitrogens is 1. The topological polar surface area (TPSA) is 52.6 Å². The van der Waals surface area contributed by atoms with Crippen molar-refractivity contribution < 1.29 is 10.4 Å². The number of hydrogen-bond acceptors (Lipinski definition) is 1. The van der Waals surface area contributed by atoms with Crippen molar-refractivity contribution >= 4 is 10.9 Å². The van der Waals surface area contributed by atoms with Crippen LogP contribution in [0.25, 0.3) is 10.9 Å². The Labute approximate surface area is 82.8 Å². The molecule has 0 aliphatic carbocycles. The van der Waals surface area contributed by atoms with Crippen molar-refractivity contribution in [2.24, 2.45) is 0 Å².